The van der Waals surface area contributed by atoms with Crippen LogP contribution in [0.5, 0.6) is 0 Å². The Morgan fingerprint density at radius 3 is 2.39 bits per heavy atom. The van der Waals surface area contributed by atoms with Crippen LogP contribution < -0.4 is 11.1 Å². The molecule has 1 saturated heterocycles. The number of nitrogens with zero attached hydrogens (tertiary/aromatic N) is 9. The highest BCUT2D eigenvalue weighted by Gasteiger charge is 2.21. The molecule has 1 fully saturated rings. The third-order valence-corrected chi connectivity index (χ3v) is 8.41. The first kappa shape index (κ1) is 34.6. The highest BCUT2D eigenvalue weighted by Crippen LogP contribution is 2.32. The van der Waals surface area contributed by atoms with Gasteiger partial charge in [-0.3, -0.25) is 19.2 Å². The monoisotopic (exact) mass is 681 g/mol. The first-order valence-corrected chi connectivity index (χ1v) is 16.9. The molecule has 51 heavy (non-hydrogen) atoms. The molecular formula is C38H39N11O2. The largest absolute Gasteiger partial charge is 0.461 e. The molecule has 1 aliphatic heterocycles. The summed E-state index contributed by atoms with van der Waals surface area (Å²) in [6.07, 6.45) is 6.89. The van der Waals surface area contributed by atoms with E-state index in [-0.39, 0.29) is 18.4 Å². The summed E-state index contributed by atoms with van der Waals surface area (Å²) in [6, 6.07) is 23.8. The van der Waals surface area contributed by atoms with E-state index in [2.05, 4.69) is 54.4 Å². The number of imidazole rings is 1. The van der Waals surface area contributed by atoms with Crippen molar-refractivity contribution >= 4 is 28.8 Å². The number of carbonyl (C=O) groups excluding carboxylic acids is 1. The zero-order chi connectivity index (χ0) is 35.7. The molecule has 13 heteroatoms. The summed E-state index contributed by atoms with van der Waals surface area (Å²) in [4.78, 5) is 40.7. The number of benzene rings is 1. The van der Waals surface area contributed by atoms with E-state index in [1.165, 1.54) is 12.5 Å². The van der Waals surface area contributed by atoms with Gasteiger partial charge in [-0.2, -0.15) is 5.26 Å². The Labute approximate surface area is 296 Å². The number of ether oxygens (including phenoxy) is 1. The van der Waals surface area contributed by atoms with Crippen molar-refractivity contribution in [2.24, 2.45) is 0 Å². The Hall–Kier alpha value is -6.26. The second kappa shape index (κ2) is 16.0. The second-order valence-corrected chi connectivity index (χ2v) is 11.8. The third-order valence-electron chi connectivity index (χ3n) is 8.41. The Morgan fingerprint density at radius 1 is 0.922 bits per heavy atom. The fourth-order valence-corrected chi connectivity index (χ4v) is 5.92. The van der Waals surface area contributed by atoms with Crippen molar-refractivity contribution in [1.82, 2.24) is 39.4 Å². The lowest BCUT2D eigenvalue weighted by atomic mass is 10.0. The van der Waals surface area contributed by atoms with Crippen LogP contribution in [0.2, 0.25) is 0 Å². The lowest BCUT2D eigenvalue weighted by Crippen LogP contribution is -2.38. The van der Waals surface area contributed by atoms with Gasteiger partial charge in [0.15, 0.2) is 11.5 Å². The molecule has 13 nitrogen and oxygen atoms in total. The molecule has 0 radical (unpaired) electrons. The fraction of sp³-hybridized carbons (Fsp3) is 0.263. The van der Waals surface area contributed by atoms with E-state index in [1.807, 2.05) is 60.9 Å². The van der Waals surface area contributed by atoms with Crippen LogP contribution in [-0.2, 0) is 22.7 Å². The van der Waals surface area contributed by atoms with E-state index in [1.54, 1.807) is 24.7 Å². The van der Waals surface area contributed by atoms with Crippen LogP contribution in [0.3, 0.4) is 0 Å². The van der Waals surface area contributed by atoms with Gasteiger partial charge in [-0.05, 0) is 66.9 Å². The van der Waals surface area contributed by atoms with Gasteiger partial charge in [0, 0.05) is 62.4 Å². The Bertz CT molecular complexity index is 2150. The summed E-state index contributed by atoms with van der Waals surface area (Å²) in [5.41, 5.74) is 12.7. The van der Waals surface area contributed by atoms with Gasteiger partial charge in [0.05, 0.1) is 17.0 Å². The van der Waals surface area contributed by atoms with Crippen LogP contribution >= 0.6 is 0 Å². The van der Waals surface area contributed by atoms with E-state index < -0.39 is 0 Å². The highest BCUT2D eigenvalue weighted by atomic mass is 16.5. The molecule has 1 aromatic carbocycles. The first-order valence-electron chi connectivity index (χ1n) is 16.9. The van der Waals surface area contributed by atoms with Crippen molar-refractivity contribution < 1.29 is 9.53 Å². The number of likely N-dealkylation sites (tertiary alicyclic amines) is 1. The number of nitrogens with two attached hydrogens (primary N) is 1. The number of nitrogens with one attached hydrogen (secondary N) is 1. The molecule has 258 valence electrons. The van der Waals surface area contributed by atoms with E-state index in [0.29, 0.717) is 51.6 Å². The minimum absolute atomic E-state index is 0.165. The molecular weight excluding hydrogens is 642 g/mol. The van der Waals surface area contributed by atoms with Crippen LogP contribution in [0.25, 0.3) is 39.6 Å². The lowest BCUT2D eigenvalue weighted by Gasteiger charge is -2.32. The molecule has 3 N–H and O–H groups in total. The predicted octanol–water partition coefficient (Wildman–Crippen LogP) is 5.95. The van der Waals surface area contributed by atoms with Gasteiger partial charge in [-0.15, -0.1) is 0 Å². The van der Waals surface area contributed by atoms with Crippen LogP contribution in [-0.4, -0.2) is 64.5 Å². The number of pyridine rings is 3. The van der Waals surface area contributed by atoms with Crippen LogP contribution in [0.4, 0.5) is 11.6 Å². The van der Waals surface area contributed by atoms with E-state index in [4.69, 9.17) is 25.7 Å². The number of anilines is 2. The lowest BCUT2D eigenvalue weighted by molar-refractivity contribution is -0.142. The summed E-state index contributed by atoms with van der Waals surface area (Å²) in [6.45, 7) is 8.26. The van der Waals surface area contributed by atoms with Gasteiger partial charge >= 0.3 is 5.97 Å². The second-order valence-electron chi connectivity index (χ2n) is 11.8. The van der Waals surface area contributed by atoms with Crippen molar-refractivity contribution in [1.29, 1.82) is 5.26 Å². The number of hydrogen-bond acceptors (Lipinski definition) is 12. The van der Waals surface area contributed by atoms with Crippen molar-refractivity contribution in [3.8, 4) is 34.5 Å². The zero-order valence-corrected chi connectivity index (χ0v) is 28.8. The summed E-state index contributed by atoms with van der Waals surface area (Å²) >= 11 is 0. The van der Waals surface area contributed by atoms with Gasteiger partial charge in [0.2, 0.25) is 5.82 Å². The summed E-state index contributed by atoms with van der Waals surface area (Å²) in [5, 5.41) is 12.5. The van der Waals surface area contributed by atoms with Gasteiger partial charge in [-0.25, -0.2) is 24.9 Å². The van der Waals surface area contributed by atoms with E-state index in [9.17, 15) is 4.79 Å². The topological polar surface area (TPSA) is 174 Å². The number of rotatable bonds is 9. The van der Waals surface area contributed by atoms with Crippen LogP contribution in [0.15, 0.2) is 85.3 Å². The number of fused-ring (bicyclic) bond motifs is 1. The standard InChI is InChI=1S/C36H33N11O2.C2H6/c1-23(48)49-22-25-6-9-29(41-20-25)30-10-11-31-36(43-30)47(35(44-31)28-3-2-15-40-34(28)38)27-7-4-24(5-8-27)21-46-17-13-26(14-18-46)42-32-12-16-39-33(19-37)45-32;1-2/h2-12,15-16,20,26H,13-14,17-18,21-22H2,1H3,(H2,38,40)(H,39,42,45);1-2H3. The van der Waals surface area contributed by atoms with Crippen molar-refractivity contribution in [2.45, 2.75) is 52.8 Å². The molecule has 5 aromatic heterocycles. The molecule has 0 spiro atoms. The zero-order valence-electron chi connectivity index (χ0n) is 28.8. The summed E-state index contributed by atoms with van der Waals surface area (Å²) in [7, 11) is 0. The van der Waals surface area contributed by atoms with Crippen molar-refractivity contribution in [3.05, 3.63) is 102 Å². The SMILES string of the molecule is CC.CC(=O)OCc1ccc(-c2ccc3nc(-c4cccnc4N)n(-c4ccc(CN5CCC(Nc6ccnc(C#N)n6)CC5)cc4)c3n2)nc1. The van der Waals surface area contributed by atoms with Gasteiger partial charge in [0.25, 0.3) is 0 Å². The van der Waals surface area contributed by atoms with E-state index in [0.717, 1.165) is 43.7 Å². The molecule has 0 bridgehead atoms. The molecule has 0 atom stereocenters. The minimum Gasteiger partial charge on any atom is -0.461 e. The minimum atomic E-state index is -0.340. The number of nitriles is 1. The molecule has 0 aliphatic carbocycles. The number of aromatic nitrogens is 7. The molecule has 0 saturated carbocycles. The number of piperidine rings is 1. The Balaban J connectivity index is 0.00000220. The van der Waals surface area contributed by atoms with E-state index >= 15 is 0 Å². The number of hydrogen-bond donors (Lipinski definition) is 2. The maximum atomic E-state index is 11.2. The molecule has 6 aromatic rings. The van der Waals surface area contributed by atoms with Crippen LogP contribution in [0, 0.1) is 11.3 Å². The molecule has 1 aliphatic rings. The van der Waals surface area contributed by atoms with Crippen molar-refractivity contribution in [2.75, 3.05) is 24.1 Å². The van der Waals surface area contributed by atoms with Gasteiger partial charge < -0.3 is 15.8 Å². The molecule has 0 unspecified atom stereocenters. The molecule has 7 rings (SSSR count). The van der Waals surface area contributed by atoms with Gasteiger partial charge in [-0.1, -0.05) is 32.0 Å². The fourth-order valence-electron chi connectivity index (χ4n) is 5.92. The Kier molecular flexibility index (Phi) is 10.8. The number of esters is 1. The number of nitrogen functional groups attached to an aromatic ring is 1. The molecule has 0 amide bonds. The normalized spacial score (nSPS) is 13.2. The van der Waals surface area contributed by atoms with Crippen molar-refractivity contribution in [3.63, 3.8) is 0 Å². The van der Waals surface area contributed by atoms with Gasteiger partial charge in [0.1, 0.15) is 29.8 Å². The Morgan fingerprint density at radius 2 is 1.69 bits per heavy atom. The average molecular weight is 682 g/mol. The summed E-state index contributed by atoms with van der Waals surface area (Å²) in [5.74, 6) is 1.54. The smallest absolute Gasteiger partial charge is 0.302 e. The van der Waals surface area contributed by atoms with Crippen LogP contribution in [0.1, 0.15) is 50.6 Å². The summed E-state index contributed by atoms with van der Waals surface area (Å²) < 4.78 is 7.10. The average Bonchev–Trinajstić information content (AvgIpc) is 3.55. The highest BCUT2D eigenvalue weighted by molar-refractivity contribution is 5.84. The quantitative estimate of drug-likeness (QED) is 0.172. The number of carbonyl (C=O) groups is 1. The predicted molar refractivity (Wildman–Crippen MR) is 195 cm³/mol. The maximum Gasteiger partial charge on any atom is 0.302 e. The first-order chi connectivity index (χ1) is 24.9. The maximum absolute atomic E-state index is 11.2. The molecule has 6 heterocycles. The third kappa shape index (κ3) is 8.14.